The molecular formula is C18H22N4O4. The molecule has 0 spiro atoms. The van der Waals surface area contributed by atoms with Crippen molar-refractivity contribution in [2.75, 3.05) is 44.4 Å². The van der Waals surface area contributed by atoms with Crippen molar-refractivity contribution in [2.24, 2.45) is 0 Å². The summed E-state index contributed by atoms with van der Waals surface area (Å²) in [5.74, 6) is 1.49. The molecule has 1 amide bonds. The van der Waals surface area contributed by atoms with Crippen LogP contribution in [0.4, 0.5) is 5.82 Å². The molecule has 8 heteroatoms. The molecule has 1 fully saturated rings. The molecule has 0 N–H and O–H groups in total. The molecule has 8 nitrogen and oxygen atoms in total. The third-order valence-corrected chi connectivity index (χ3v) is 4.66. The molecular weight excluding hydrogens is 336 g/mol. The van der Waals surface area contributed by atoms with Crippen LogP contribution in [-0.2, 0) is 17.7 Å². The number of amides is 1. The fraction of sp³-hybridized carbons (Fsp3) is 0.500. The van der Waals surface area contributed by atoms with E-state index in [0.29, 0.717) is 44.6 Å². The Labute approximate surface area is 151 Å². The normalized spacial score (nSPS) is 17.1. The molecule has 0 saturated carbocycles. The van der Waals surface area contributed by atoms with Crippen molar-refractivity contribution in [3.8, 4) is 5.95 Å². The molecule has 0 atom stereocenters. The Bertz CT molecular complexity index is 785. The number of anilines is 1. The number of furan rings is 1. The van der Waals surface area contributed by atoms with Crippen LogP contribution in [0.2, 0.25) is 0 Å². The van der Waals surface area contributed by atoms with Gasteiger partial charge in [-0.1, -0.05) is 0 Å². The van der Waals surface area contributed by atoms with E-state index in [2.05, 4.69) is 14.9 Å². The average molecular weight is 358 g/mol. The smallest absolute Gasteiger partial charge is 0.290 e. The van der Waals surface area contributed by atoms with Crippen molar-refractivity contribution in [1.29, 1.82) is 0 Å². The van der Waals surface area contributed by atoms with E-state index in [1.54, 1.807) is 23.4 Å². The average Bonchev–Trinajstić information content (AvgIpc) is 3.16. The Morgan fingerprint density at radius 2 is 2.08 bits per heavy atom. The summed E-state index contributed by atoms with van der Waals surface area (Å²) in [7, 11) is 0. The number of fused-ring (bicyclic) bond motifs is 1. The predicted octanol–water partition coefficient (Wildman–Crippen LogP) is 1.50. The van der Waals surface area contributed by atoms with Crippen LogP contribution in [0.25, 0.3) is 0 Å². The van der Waals surface area contributed by atoms with Crippen LogP contribution in [0.1, 0.15) is 28.7 Å². The van der Waals surface area contributed by atoms with Crippen LogP contribution in [0.5, 0.6) is 5.95 Å². The number of aromatic nitrogens is 2. The maximum Gasteiger partial charge on any atom is 0.290 e. The van der Waals surface area contributed by atoms with Gasteiger partial charge in [0.05, 0.1) is 32.1 Å². The van der Waals surface area contributed by atoms with Crippen molar-refractivity contribution < 1.29 is 18.7 Å². The van der Waals surface area contributed by atoms with Crippen molar-refractivity contribution in [2.45, 2.75) is 19.9 Å². The van der Waals surface area contributed by atoms with Crippen LogP contribution in [0, 0.1) is 0 Å². The number of hydrogen-bond donors (Lipinski definition) is 0. The van der Waals surface area contributed by atoms with Gasteiger partial charge in [0.1, 0.15) is 12.1 Å². The Morgan fingerprint density at radius 3 is 2.88 bits per heavy atom. The van der Waals surface area contributed by atoms with E-state index in [-0.39, 0.29) is 5.91 Å². The van der Waals surface area contributed by atoms with Gasteiger partial charge >= 0.3 is 0 Å². The lowest BCUT2D eigenvalue weighted by molar-refractivity contribution is 0.0691. The van der Waals surface area contributed by atoms with Crippen molar-refractivity contribution >= 4 is 11.7 Å². The summed E-state index contributed by atoms with van der Waals surface area (Å²) in [6, 6.07) is 3.33. The lowest BCUT2D eigenvalue weighted by Crippen LogP contribution is -2.40. The van der Waals surface area contributed by atoms with Crippen LogP contribution in [-0.4, -0.2) is 60.2 Å². The topological polar surface area (TPSA) is 80.9 Å². The zero-order chi connectivity index (χ0) is 17.9. The fourth-order valence-electron chi connectivity index (χ4n) is 3.37. The summed E-state index contributed by atoms with van der Waals surface area (Å²) in [6.45, 7) is 6.53. The SMILES string of the molecule is CCOc1ccc(C(=O)N2CCc3c(ncnc3N3CCOCC3)C2)o1. The summed E-state index contributed by atoms with van der Waals surface area (Å²) in [4.78, 5) is 25.6. The number of rotatable bonds is 4. The summed E-state index contributed by atoms with van der Waals surface area (Å²) < 4.78 is 16.2. The molecule has 2 aliphatic heterocycles. The molecule has 4 rings (SSSR count). The second kappa shape index (κ2) is 7.33. The Balaban J connectivity index is 1.51. The van der Waals surface area contributed by atoms with E-state index in [0.717, 1.165) is 36.6 Å². The number of carbonyl (C=O) groups is 1. The standard InChI is InChI=1S/C18H22N4O4/c1-2-25-16-4-3-15(26-16)18(23)22-6-5-13-14(11-22)19-12-20-17(13)21-7-9-24-10-8-21/h3-4,12H,2,5-11H2,1H3. The molecule has 26 heavy (non-hydrogen) atoms. The first-order valence-electron chi connectivity index (χ1n) is 8.93. The van der Waals surface area contributed by atoms with Gasteiger partial charge in [0.2, 0.25) is 0 Å². The predicted molar refractivity (Wildman–Crippen MR) is 93.4 cm³/mol. The molecule has 1 saturated heterocycles. The van der Waals surface area contributed by atoms with E-state index < -0.39 is 0 Å². The number of hydrogen-bond acceptors (Lipinski definition) is 7. The first-order chi connectivity index (χ1) is 12.8. The van der Waals surface area contributed by atoms with E-state index in [9.17, 15) is 4.79 Å². The van der Waals surface area contributed by atoms with Gasteiger partial charge in [0.15, 0.2) is 5.76 Å². The van der Waals surface area contributed by atoms with Crippen LogP contribution in [0.3, 0.4) is 0 Å². The Morgan fingerprint density at radius 1 is 1.23 bits per heavy atom. The molecule has 0 aliphatic carbocycles. The Kier molecular flexibility index (Phi) is 4.75. The molecule has 2 aromatic heterocycles. The summed E-state index contributed by atoms with van der Waals surface area (Å²) in [5, 5.41) is 0. The lowest BCUT2D eigenvalue weighted by Gasteiger charge is -2.33. The van der Waals surface area contributed by atoms with Crippen LogP contribution >= 0.6 is 0 Å². The monoisotopic (exact) mass is 358 g/mol. The van der Waals surface area contributed by atoms with Crippen molar-refractivity contribution in [3.05, 3.63) is 35.5 Å². The van der Waals surface area contributed by atoms with Gasteiger partial charge in [0, 0.05) is 31.3 Å². The van der Waals surface area contributed by atoms with Gasteiger partial charge in [-0.2, -0.15) is 0 Å². The van der Waals surface area contributed by atoms with E-state index >= 15 is 0 Å². The highest BCUT2D eigenvalue weighted by Gasteiger charge is 2.28. The number of ether oxygens (including phenoxy) is 2. The highest BCUT2D eigenvalue weighted by atomic mass is 16.6. The first-order valence-corrected chi connectivity index (χ1v) is 8.93. The van der Waals surface area contributed by atoms with Gasteiger partial charge in [-0.3, -0.25) is 4.79 Å². The number of nitrogens with zero attached hydrogens (tertiary/aromatic N) is 4. The third-order valence-electron chi connectivity index (χ3n) is 4.66. The summed E-state index contributed by atoms with van der Waals surface area (Å²) in [6.07, 6.45) is 2.31. The molecule has 2 aromatic rings. The van der Waals surface area contributed by atoms with Crippen molar-refractivity contribution in [3.63, 3.8) is 0 Å². The third kappa shape index (κ3) is 3.24. The van der Waals surface area contributed by atoms with Gasteiger partial charge in [-0.15, -0.1) is 0 Å². The van der Waals surface area contributed by atoms with E-state index in [1.807, 2.05) is 6.92 Å². The van der Waals surface area contributed by atoms with Gasteiger partial charge in [0.25, 0.3) is 11.9 Å². The second-order valence-corrected chi connectivity index (χ2v) is 6.25. The van der Waals surface area contributed by atoms with E-state index in [4.69, 9.17) is 13.9 Å². The molecule has 2 aliphatic rings. The minimum absolute atomic E-state index is 0.145. The maximum absolute atomic E-state index is 12.7. The zero-order valence-corrected chi connectivity index (χ0v) is 14.8. The Hall–Kier alpha value is -2.61. The molecule has 0 aromatic carbocycles. The van der Waals surface area contributed by atoms with Crippen LogP contribution < -0.4 is 9.64 Å². The fourth-order valence-corrected chi connectivity index (χ4v) is 3.37. The second-order valence-electron chi connectivity index (χ2n) is 6.25. The first kappa shape index (κ1) is 16.8. The van der Waals surface area contributed by atoms with Crippen LogP contribution in [0.15, 0.2) is 22.9 Å². The number of morpholine rings is 1. The highest BCUT2D eigenvalue weighted by molar-refractivity contribution is 5.91. The highest BCUT2D eigenvalue weighted by Crippen LogP contribution is 2.27. The van der Waals surface area contributed by atoms with Gasteiger partial charge in [-0.05, 0) is 19.4 Å². The van der Waals surface area contributed by atoms with Crippen molar-refractivity contribution in [1.82, 2.24) is 14.9 Å². The largest absolute Gasteiger partial charge is 0.465 e. The maximum atomic E-state index is 12.7. The molecule has 0 radical (unpaired) electrons. The molecule has 0 bridgehead atoms. The lowest BCUT2D eigenvalue weighted by atomic mass is 10.0. The summed E-state index contributed by atoms with van der Waals surface area (Å²) >= 11 is 0. The zero-order valence-electron chi connectivity index (χ0n) is 14.8. The van der Waals surface area contributed by atoms with Gasteiger partial charge in [-0.25, -0.2) is 9.97 Å². The summed E-state index contributed by atoms with van der Waals surface area (Å²) in [5.41, 5.74) is 2.03. The minimum Gasteiger partial charge on any atom is -0.465 e. The van der Waals surface area contributed by atoms with Gasteiger partial charge < -0.3 is 23.7 Å². The molecule has 4 heterocycles. The minimum atomic E-state index is -0.145. The number of carbonyl (C=O) groups excluding carboxylic acids is 1. The van der Waals surface area contributed by atoms with E-state index in [1.165, 1.54) is 0 Å². The molecule has 0 unspecified atom stereocenters. The quantitative estimate of drug-likeness (QED) is 0.819. The molecule has 138 valence electrons.